The molecule has 18 heavy (non-hydrogen) atoms. The zero-order valence-electron chi connectivity index (χ0n) is 11.9. The van der Waals surface area contributed by atoms with Gasteiger partial charge >= 0.3 is 0 Å². The molecule has 3 nitrogen and oxygen atoms in total. The van der Waals surface area contributed by atoms with Crippen LogP contribution in [0.15, 0.2) is 0 Å². The Balaban J connectivity index is 1.98. The van der Waals surface area contributed by atoms with Gasteiger partial charge in [0.1, 0.15) is 0 Å². The zero-order valence-corrected chi connectivity index (χ0v) is 12.7. The van der Waals surface area contributed by atoms with E-state index >= 15 is 0 Å². The van der Waals surface area contributed by atoms with Crippen LogP contribution in [0.4, 0.5) is 0 Å². The van der Waals surface area contributed by atoms with Crippen molar-refractivity contribution in [1.82, 2.24) is 10.3 Å². The van der Waals surface area contributed by atoms with Crippen LogP contribution in [0.5, 0.6) is 0 Å². The van der Waals surface area contributed by atoms with Gasteiger partial charge < -0.3 is 4.90 Å². The Bertz CT molecular complexity index is 249. The second-order valence-corrected chi connectivity index (χ2v) is 7.17. The number of likely N-dealkylation sites (N-methyl/N-ethyl adjacent to an activating group) is 1. The lowest BCUT2D eigenvalue weighted by Gasteiger charge is -2.43. The summed E-state index contributed by atoms with van der Waals surface area (Å²) in [6, 6.07) is 1.10. The van der Waals surface area contributed by atoms with Gasteiger partial charge in [-0.15, -0.1) is 0 Å². The monoisotopic (exact) mass is 271 g/mol. The third-order valence-corrected chi connectivity index (χ3v) is 6.01. The average molecular weight is 271 g/mol. The van der Waals surface area contributed by atoms with Gasteiger partial charge in [-0.1, -0.05) is 26.2 Å². The Morgan fingerprint density at radius 3 is 2.94 bits per heavy atom. The van der Waals surface area contributed by atoms with E-state index in [4.69, 9.17) is 5.84 Å². The lowest BCUT2D eigenvalue weighted by Crippen LogP contribution is -2.58. The molecule has 2 fully saturated rings. The van der Waals surface area contributed by atoms with E-state index in [0.29, 0.717) is 12.1 Å². The van der Waals surface area contributed by atoms with E-state index in [1.54, 1.807) is 0 Å². The second-order valence-electron chi connectivity index (χ2n) is 6.02. The highest BCUT2D eigenvalue weighted by atomic mass is 32.2. The molecule has 0 aromatic carbocycles. The number of rotatable bonds is 4. The molecule has 2 rings (SSSR count). The quantitative estimate of drug-likeness (QED) is 0.607. The highest BCUT2D eigenvalue weighted by Crippen LogP contribution is 2.35. The molecule has 1 saturated carbocycles. The Labute approximate surface area is 116 Å². The van der Waals surface area contributed by atoms with Gasteiger partial charge in [-0.2, -0.15) is 11.8 Å². The van der Waals surface area contributed by atoms with Crippen LogP contribution in [-0.4, -0.2) is 42.1 Å². The zero-order chi connectivity index (χ0) is 13.0. The lowest BCUT2D eigenvalue weighted by molar-refractivity contribution is 0.131. The average Bonchev–Trinajstić information content (AvgIpc) is 2.42. The van der Waals surface area contributed by atoms with Crippen molar-refractivity contribution in [1.29, 1.82) is 0 Å². The fourth-order valence-electron chi connectivity index (χ4n) is 3.67. The maximum atomic E-state index is 5.90. The molecule has 0 bridgehead atoms. The summed E-state index contributed by atoms with van der Waals surface area (Å²) in [5, 5.41) is 0. The van der Waals surface area contributed by atoms with Gasteiger partial charge in [0.2, 0.25) is 0 Å². The van der Waals surface area contributed by atoms with Gasteiger partial charge in [0.05, 0.1) is 0 Å². The summed E-state index contributed by atoms with van der Waals surface area (Å²) in [4.78, 5) is 2.51. The van der Waals surface area contributed by atoms with Gasteiger partial charge in [0.25, 0.3) is 0 Å². The molecular formula is C14H29N3S. The summed E-state index contributed by atoms with van der Waals surface area (Å²) in [5.41, 5.74) is 3.16. The predicted molar refractivity (Wildman–Crippen MR) is 80.6 cm³/mol. The minimum atomic E-state index is 0.483. The third-order valence-electron chi connectivity index (χ3n) is 4.96. The van der Waals surface area contributed by atoms with E-state index < -0.39 is 0 Å². The van der Waals surface area contributed by atoms with Crippen molar-refractivity contribution in [3.8, 4) is 0 Å². The number of thioether (sulfide) groups is 1. The normalized spacial score (nSPS) is 36.5. The molecule has 0 amide bonds. The van der Waals surface area contributed by atoms with Gasteiger partial charge in [-0.05, 0) is 31.7 Å². The smallest absolute Gasteiger partial charge is 0.0402 e. The summed E-state index contributed by atoms with van der Waals surface area (Å²) in [6.07, 6.45) is 6.90. The molecule has 0 aromatic heterocycles. The summed E-state index contributed by atoms with van der Waals surface area (Å²) >= 11 is 2.08. The number of nitrogens with one attached hydrogen (secondary N) is 1. The second kappa shape index (κ2) is 7.13. The highest BCUT2D eigenvalue weighted by Gasteiger charge is 2.35. The molecule has 1 aliphatic carbocycles. The summed E-state index contributed by atoms with van der Waals surface area (Å²) in [7, 11) is 2.26. The molecule has 0 radical (unpaired) electrons. The maximum absolute atomic E-state index is 5.90. The number of hydrogen-bond donors (Lipinski definition) is 2. The number of hydrogen-bond acceptors (Lipinski definition) is 4. The number of nitrogens with zero attached hydrogens (tertiary/aromatic N) is 1. The van der Waals surface area contributed by atoms with Crippen molar-refractivity contribution in [2.24, 2.45) is 17.7 Å². The summed E-state index contributed by atoms with van der Waals surface area (Å²) in [5.74, 6) is 10.1. The Morgan fingerprint density at radius 2 is 2.28 bits per heavy atom. The van der Waals surface area contributed by atoms with E-state index in [2.05, 4.69) is 36.1 Å². The van der Waals surface area contributed by atoms with Gasteiger partial charge in [0.15, 0.2) is 0 Å². The van der Waals surface area contributed by atoms with Gasteiger partial charge in [0, 0.05) is 30.1 Å². The van der Waals surface area contributed by atoms with Crippen LogP contribution in [0.2, 0.25) is 0 Å². The van der Waals surface area contributed by atoms with E-state index in [1.807, 2.05) is 0 Å². The molecule has 4 atom stereocenters. The van der Waals surface area contributed by atoms with Crippen molar-refractivity contribution >= 4 is 11.8 Å². The molecule has 106 valence electrons. The Morgan fingerprint density at radius 1 is 1.44 bits per heavy atom. The molecule has 2 aliphatic rings. The lowest BCUT2D eigenvalue weighted by atomic mass is 9.75. The first kappa shape index (κ1) is 14.6. The molecule has 1 aliphatic heterocycles. The first-order valence-corrected chi connectivity index (χ1v) is 8.65. The Hall–Kier alpha value is 0.230. The predicted octanol–water partition coefficient (Wildman–Crippen LogP) is 2.08. The Kier molecular flexibility index (Phi) is 5.80. The van der Waals surface area contributed by atoms with Crippen LogP contribution in [-0.2, 0) is 0 Å². The highest BCUT2D eigenvalue weighted by molar-refractivity contribution is 7.99. The van der Waals surface area contributed by atoms with Crippen molar-refractivity contribution in [2.75, 3.05) is 25.1 Å². The molecular weight excluding hydrogens is 242 g/mol. The topological polar surface area (TPSA) is 41.3 Å². The van der Waals surface area contributed by atoms with Crippen molar-refractivity contribution < 1.29 is 0 Å². The molecule has 0 aromatic rings. The SMILES string of the molecule is CCC1CCCC(C(NN)C2CSCCN2C)C1. The van der Waals surface area contributed by atoms with Crippen LogP contribution in [0.3, 0.4) is 0 Å². The molecule has 3 N–H and O–H groups in total. The third kappa shape index (κ3) is 3.41. The van der Waals surface area contributed by atoms with E-state index in [0.717, 1.165) is 11.8 Å². The minimum Gasteiger partial charge on any atom is -0.300 e. The molecule has 4 heteroatoms. The first-order chi connectivity index (χ1) is 8.76. The van der Waals surface area contributed by atoms with E-state index in [-0.39, 0.29) is 0 Å². The maximum Gasteiger partial charge on any atom is 0.0402 e. The molecule has 1 heterocycles. The molecule has 4 unspecified atom stereocenters. The van der Waals surface area contributed by atoms with Crippen LogP contribution < -0.4 is 11.3 Å². The minimum absolute atomic E-state index is 0.483. The van der Waals surface area contributed by atoms with Crippen molar-refractivity contribution in [2.45, 2.75) is 51.1 Å². The van der Waals surface area contributed by atoms with Gasteiger partial charge in [-0.3, -0.25) is 11.3 Å². The van der Waals surface area contributed by atoms with E-state index in [1.165, 1.54) is 50.2 Å². The van der Waals surface area contributed by atoms with E-state index in [9.17, 15) is 0 Å². The fraction of sp³-hybridized carbons (Fsp3) is 1.00. The van der Waals surface area contributed by atoms with Gasteiger partial charge in [-0.25, -0.2) is 0 Å². The molecule has 0 spiro atoms. The summed E-state index contributed by atoms with van der Waals surface area (Å²) < 4.78 is 0. The first-order valence-electron chi connectivity index (χ1n) is 7.50. The standard InChI is InChI=1S/C14H29N3S/c1-3-11-5-4-6-12(9-11)14(16-15)13-10-18-8-7-17(13)2/h11-14,16H,3-10,15H2,1-2H3. The number of nitrogens with two attached hydrogens (primary N) is 1. The van der Waals surface area contributed by atoms with Crippen LogP contribution in [0, 0.1) is 11.8 Å². The van der Waals surface area contributed by atoms with Crippen LogP contribution >= 0.6 is 11.8 Å². The molecule has 1 saturated heterocycles. The summed E-state index contributed by atoms with van der Waals surface area (Å²) in [6.45, 7) is 3.54. The van der Waals surface area contributed by atoms with Crippen molar-refractivity contribution in [3.63, 3.8) is 0 Å². The number of hydrazine groups is 1. The van der Waals surface area contributed by atoms with Crippen molar-refractivity contribution in [3.05, 3.63) is 0 Å². The fourth-order valence-corrected chi connectivity index (χ4v) is 4.96. The largest absolute Gasteiger partial charge is 0.300 e. The van der Waals surface area contributed by atoms with Crippen LogP contribution in [0.25, 0.3) is 0 Å². The van der Waals surface area contributed by atoms with Crippen LogP contribution in [0.1, 0.15) is 39.0 Å².